The molecule has 0 radical (unpaired) electrons. The molecule has 0 aliphatic heterocycles. The molecule has 0 heterocycles. The van der Waals surface area contributed by atoms with E-state index < -0.39 is 12.2 Å². The maximum atomic E-state index is 13.1. The summed E-state index contributed by atoms with van der Waals surface area (Å²) in [5.41, 5.74) is 8.43. The number of fused-ring (bicyclic) bond motifs is 1. The van der Waals surface area contributed by atoms with Gasteiger partial charge in [-0.05, 0) is 66.1 Å². The van der Waals surface area contributed by atoms with E-state index in [1.165, 1.54) is 6.08 Å². The highest BCUT2D eigenvalue weighted by molar-refractivity contribution is 6.01. The highest BCUT2D eigenvalue weighted by Crippen LogP contribution is 2.32. The van der Waals surface area contributed by atoms with E-state index in [-0.39, 0.29) is 25.0 Å². The standard InChI is InChI=1S/C33H35N3O5/c1-23(9-2-7-16-31(38)35-30-14-6-5-13-28(30)34)32(25-17-19-26(20-18-25)40-22-21-37)41-33(39)36-29-15-8-11-24-10-3-4-12-27(24)29/h3-8,10-20,23,32,37H,2,9,21-22,34H2,1H3,(H,35,38)(H,36,39)/b16-7+/t23-,32-/m0/s1. The summed E-state index contributed by atoms with van der Waals surface area (Å²) in [6, 6.07) is 27.9. The van der Waals surface area contributed by atoms with Crippen LogP contribution in [0.4, 0.5) is 21.9 Å². The number of carbonyl (C=O) groups excluding carboxylic acids is 2. The van der Waals surface area contributed by atoms with Crippen LogP contribution in [0.3, 0.4) is 0 Å². The minimum atomic E-state index is -0.561. The topological polar surface area (TPSA) is 123 Å². The molecule has 2 amide bonds. The summed E-state index contributed by atoms with van der Waals surface area (Å²) in [6.07, 6.45) is 3.42. The van der Waals surface area contributed by atoms with Crippen LogP contribution in [0.5, 0.6) is 5.75 Å². The molecule has 41 heavy (non-hydrogen) atoms. The summed E-state index contributed by atoms with van der Waals surface area (Å²) in [5.74, 6) is 0.272. The minimum absolute atomic E-state index is 0.0741. The molecule has 0 aliphatic rings. The van der Waals surface area contributed by atoms with Crippen molar-refractivity contribution >= 4 is 39.8 Å². The second-order valence-corrected chi connectivity index (χ2v) is 9.65. The maximum Gasteiger partial charge on any atom is 0.412 e. The molecule has 212 valence electrons. The molecule has 0 bridgehead atoms. The number of anilines is 3. The van der Waals surface area contributed by atoms with Gasteiger partial charge in [-0.2, -0.15) is 0 Å². The van der Waals surface area contributed by atoms with Gasteiger partial charge in [0.25, 0.3) is 0 Å². The lowest BCUT2D eigenvalue weighted by Crippen LogP contribution is -2.22. The zero-order valence-corrected chi connectivity index (χ0v) is 23.0. The Kier molecular flexibility index (Phi) is 10.3. The highest BCUT2D eigenvalue weighted by Gasteiger charge is 2.24. The fourth-order valence-electron chi connectivity index (χ4n) is 4.51. The number of ether oxygens (including phenoxy) is 2. The molecule has 0 aromatic heterocycles. The van der Waals surface area contributed by atoms with Crippen molar-refractivity contribution in [1.82, 2.24) is 0 Å². The van der Waals surface area contributed by atoms with Gasteiger partial charge in [-0.25, -0.2) is 4.79 Å². The highest BCUT2D eigenvalue weighted by atomic mass is 16.6. The first-order valence-corrected chi connectivity index (χ1v) is 13.6. The van der Waals surface area contributed by atoms with Crippen LogP contribution >= 0.6 is 0 Å². The lowest BCUT2D eigenvalue weighted by molar-refractivity contribution is -0.111. The number of nitrogens with two attached hydrogens (primary N) is 1. The van der Waals surface area contributed by atoms with Crippen molar-refractivity contribution in [3.05, 3.63) is 109 Å². The van der Waals surface area contributed by atoms with Crippen LogP contribution in [0.1, 0.15) is 31.4 Å². The zero-order chi connectivity index (χ0) is 29.0. The Morgan fingerprint density at radius 1 is 0.902 bits per heavy atom. The molecule has 4 aromatic carbocycles. The molecule has 4 rings (SSSR count). The molecular weight excluding hydrogens is 518 g/mol. The average Bonchev–Trinajstić information content (AvgIpc) is 2.98. The van der Waals surface area contributed by atoms with E-state index in [0.29, 0.717) is 35.7 Å². The first-order chi connectivity index (χ1) is 19.9. The monoisotopic (exact) mass is 553 g/mol. The SMILES string of the molecule is C[C@@H](CC/C=C/C(=O)Nc1ccccc1N)[C@H](OC(=O)Nc1cccc2ccccc12)c1ccc(OCCO)cc1. The Bertz CT molecular complexity index is 1480. The van der Waals surface area contributed by atoms with Crippen molar-refractivity contribution in [1.29, 1.82) is 0 Å². The van der Waals surface area contributed by atoms with Gasteiger partial charge in [0, 0.05) is 5.39 Å². The smallest absolute Gasteiger partial charge is 0.412 e. The Labute approximate surface area is 239 Å². The Morgan fingerprint density at radius 3 is 2.39 bits per heavy atom. The average molecular weight is 554 g/mol. The van der Waals surface area contributed by atoms with Crippen LogP contribution in [-0.4, -0.2) is 30.3 Å². The largest absolute Gasteiger partial charge is 0.491 e. The van der Waals surface area contributed by atoms with E-state index in [1.54, 1.807) is 42.5 Å². The molecule has 0 spiro atoms. The number of para-hydroxylation sites is 2. The second-order valence-electron chi connectivity index (χ2n) is 9.65. The van der Waals surface area contributed by atoms with Crippen molar-refractivity contribution in [2.24, 2.45) is 5.92 Å². The number of aliphatic hydroxyl groups is 1. The number of rotatable bonds is 12. The number of benzene rings is 4. The van der Waals surface area contributed by atoms with Crippen LogP contribution < -0.4 is 21.1 Å². The van der Waals surface area contributed by atoms with Gasteiger partial charge in [-0.15, -0.1) is 0 Å². The molecule has 0 aliphatic carbocycles. The number of aliphatic hydroxyl groups excluding tert-OH is 1. The summed E-state index contributed by atoms with van der Waals surface area (Å²) in [4.78, 5) is 25.4. The zero-order valence-electron chi connectivity index (χ0n) is 23.0. The van der Waals surface area contributed by atoms with Crippen LogP contribution in [0.25, 0.3) is 10.8 Å². The van der Waals surface area contributed by atoms with E-state index >= 15 is 0 Å². The van der Waals surface area contributed by atoms with Gasteiger partial charge in [-0.3, -0.25) is 10.1 Å². The summed E-state index contributed by atoms with van der Waals surface area (Å²) >= 11 is 0. The van der Waals surface area contributed by atoms with Gasteiger partial charge < -0.3 is 25.6 Å². The van der Waals surface area contributed by atoms with E-state index in [2.05, 4.69) is 10.6 Å². The summed E-state index contributed by atoms with van der Waals surface area (Å²) in [6.45, 7) is 2.12. The fourth-order valence-corrected chi connectivity index (χ4v) is 4.51. The third-order valence-electron chi connectivity index (χ3n) is 6.62. The van der Waals surface area contributed by atoms with Crippen molar-refractivity contribution in [3.63, 3.8) is 0 Å². The molecule has 2 atom stereocenters. The predicted octanol–water partition coefficient (Wildman–Crippen LogP) is 6.69. The van der Waals surface area contributed by atoms with Gasteiger partial charge in [0.15, 0.2) is 0 Å². The second kappa shape index (κ2) is 14.5. The number of nitrogens with one attached hydrogen (secondary N) is 2. The number of nitrogen functional groups attached to an aromatic ring is 1. The lowest BCUT2D eigenvalue weighted by Gasteiger charge is -2.25. The molecule has 0 saturated heterocycles. The van der Waals surface area contributed by atoms with Gasteiger partial charge in [0.1, 0.15) is 18.5 Å². The molecule has 0 fully saturated rings. The Hall–Kier alpha value is -4.82. The van der Waals surface area contributed by atoms with Crippen LogP contribution in [-0.2, 0) is 9.53 Å². The molecule has 8 nitrogen and oxygen atoms in total. The summed E-state index contributed by atoms with van der Waals surface area (Å²) in [5, 5.41) is 16.6. The quantitative estimate of drug-likeness (QED) is 0.114. The number of hydrogen-bond donors (Lipinski definition) is 4. The van der Waals surface area contributed by atoms with Gasteiger partial charge in [0.05, 0.1) is 23.7 Å². The van der Waals surface area contributed by atoms with E-state index in [4.69, 9.17) is 20.3 Å². The molecule has 0 unspecified atom stereocenters. The maximum absolute atomic E-state index is 13.1. The van der Waals surface area contributed by atoms with E-state index in [0.717, 1.165) is 16.3 Å². The van der Waals surface area contributed by atoms with Gasteiger partial charge >= 0.3 is 6.09 Å². The van der Waals surface area contributed by atoms with Crippen molar-refractivity contribution in [3.8, 4) is 5.75 Å². The first kappa shape index (κ1) is 29.2. The first-order valence-electron chi connectivity index (χ1n) is 13.6. The van der Waals surface area contributed by atoms with Gasteiger partial charge in [0.2, 0.25) is 5.91 Å². The Morgan fingerprint density at radius 2 is 1.61 bits per heavy atom. The molecular formula is C33H35N3O5. The number of carbonyl (C=O) groups is 2. The summed E-state index contributed by atoms with van der Waals surface area (Å²) in [7, 11) is 0. The molecule has 5 N–H and O–H groups in total. The normalized spacial score (nSPS) is 12.5. The molecule has 0 saturated carbocycles. The van der Waals surface area contributed by atoms with Crippen LogP contribution in [0.2, 0.25) is 0 Å². The number of allylic oxidation sites excluding steroid dienone is 1. The number of hydrogen-bond acceptors (Lipinski definition) is 6. The van der Waals surface area contributed by atoms with Crippen molar-refractivity contribution < 1.29 is 24.2 Å². The third-order valence-corrected chi connectivity index (χ3v) is 6.62. The van der Waals surface area contributed by atoms with E-state index in [1.807, 2.05) is 61.5 Å². The summed E-state index contributed by atoms with van der Waals surface area (Å²) < 4.78 is 11.5. The van der Waals surface area contributed by atoms with Gasteiger partial charge in [-0.1, -0.05) is 73.7 Å². The fraction of sp³-hybridized carbons (Fsp3) is 0.212. The van der Waals surface area contributed by atoms with Crippen LogP contribution in [0.15, 0.2) is 103 Å². The van der Waals surface area contributed by atoms with Crippen LogP contribution in [0, 0.1) is 5.92 Å². The number of amides is 2. The minimum Gasteiger partial charge on any atom is -0.491 e. The molecule has 8 heteroatoms. The van der Waals surface area contributed by atoms with Crippen molar-refractivity contribution in [2.75, 3.05) is 29.6 Å². The van der Waals surface area contributed by atoms with E-state index in [9.17, 15) is 9.59 Å². The van der Waals surface area contributed by atoms with Crippen molar-refractivity contribution in [2.45, 2.75) is 25.9 Å². The predicted molar refractivity (Wildman–Crippen MR) is 163 cm³/mol. The lowest BCUT2D eigenvalue weighted by atomic mass is 9.93. The molecule has 4 aromatic rings. The Balaban J connectivity index is 1.43. The third kappa shape index (κ3) is 8.33.